The zero-order valence-corrected chi connectivity index (χ0v) is 9.45. The van der Waals surface area contributed by atoms with E-state index in [0.29, 0.717) is 4.43 Å². The van der Waals surface area contributed by atoms with Gasteiger partial charge in [-0.05, 0) is 0 Å². The van der Waals surface area contributed by atoms with Crippen LogP contribution >= 0.6 is 22.6 Å². The van der Waals surface area contributed by atoms with E-state index in [9.17, 15) is 8.42 Å². The second-order valence-corrected chi connectivity index (χ2v) is 4.80. The molecule has 0 heterocycles. The molecule has 7 heteroatoms. The minimum absolute atomic E-state index is 0.325. The van der Waals surface area contributed by atoms with E-state index < -0.39 is 28.9 Å². The molecule has 2 N–H and O–H groups in total. The Balaban J connectivity index is 3.79. The third-order valence-electron chi connectivity index (χ3n) is 1.06. The molecule has 12 heavy (non-hydrogen) atoms. The average molecular weight is 310 g/mol. The molecule has 2 atom stereocenters. The first-order valence-corrected chi connectivity index (χ1v) is 6.47. The maximum Gasteiger partial charge on any atom is 0.264 e. The fraction of sp³-hybridized carbons (Fsp3) is 1.00. The summed E-state index contributed by atoms with van der Waals surface area (Å²) in [5, 5.41) is 18.0. The van der Waals surface area contributed by atoms with Crippen LogP contribution in [-0.4, -0.2) is 48.1 Å². The van der Waals surface area contributed by atoms with Gasteiger partial charge in [0.15, 0.2) is 0 Å². The monoisotopic (exact) mass is 310 g/mol. The van der Waals surface area contributed by atoms with E-state index in [4.69, 9.17) is 10.2 Å². The number of aliphatic hydroxyl groups is 2. The van der Waals surface area contributed by atoms with Crippen LogP contribution in [0.1, 0.15) is 0 Å². The lowest BCUT2D eigenvalue weighted by Crippen LogP contribution is -2.32. The quantitative estimate of drug-likeness (QED) is 0.391. The fourth-order valence-electron chi connectivity index (χ4n) is 0.407. The van der Waals surface area contributed by atoms with Crippen LogP contribution in [0.3, 0.4) is 0 Å². The lowest BCUT2D eigenvalue weighted by molar-refractivity contribution is 0.00787. The van der Waals surface area contributed by atoms with Crippen molar-refractivity contribution in [3.8, 4) is 0 Å². The smallest absolute Gasteiger partial charge is 0.264 e. The van der Waals surface area contributed by atoms with Crippen LogP contribution in [0, 0.1) is 0 Å². The maximum atomic E-state index is 10.4. The molecule has 5 nitrogen and oxygen atoms in total. The first-order chi connectivity index (χ1) is 5.37. The standard InChI is InChI=1S/C5H11IO5S/c1-12(9,10)11-3-5(8)4(7)2-6/h4-5,7-8H,2-3H2,1H3/t4-,5+/m0/s1. The Hall–Kier alpha value is 0.560. The minimum atomic E-state index is -3.53. The molecule has 0 spiro atoms. The van der Waals surface area contributed by atoms with Crippen LogP contribution in [0.25, 0.3) is 0 Å². The SMILES string of the molecule is CS(=O)(=O)OC[C@@H](O)[C@@H](O)CI. The lowest BCUT2D eigenvalue weighted by atomic mass is 10.2. The van der Waals surface area contributed by atoms with E-state index >= 15 is 0 Å². The van der Waals surface area contributed by atoms with Crippen molar-refractivity contribution in [1.82, 2.24) is 0 Å². The van der Waals surface area contributed by atoms with Crippen LogP contribution in [0.4, 0.5) is 0 Å². The fourth-order valence-corrected chi connectivity index (χ4v) is 1.38. The Morgan fingerprint density at radius 2 is 1.92 bits per heavy atom. The molecule has 0 aliphatic carbocycles. The summed E-state index contributed by atoms with van der Waals surface area (Å²) in [5.41, 5.74) is 0. The van der Waals surface area contributed by atoms with Crippen molar-refractivity contribution in [2.24, 2.45) is 0 Å². The van der Waals surface area contributed by atoms with E-state index in [2.05, 4.69) is 4.18 Å². The van der Waals surface area contributed by atoms with Crippen LogP contribution in [0.15, 0.2) is 0 Å². The van der Waals surface area contributed by atoms with Gasteiger partial charge in [0.2, 0.25) is 0 Å². The summed E-state index contributed by atoms with van der Waals surface area (Å²) >= 11 is 1.87. The van der Waals surface area contributed by atoms with Crippen molar-refractivity contribution >= 4 is 32.7 Å². The summed E-state index contributed by atoms with van der Waals surface area (Å²) in [6.07, 6.45) is -1.22. The summed E-state index contributed by atoms with van der Waals surface area (Å²) in [7, 11) is -3.53. The molecule has 0 fully saturated rings. The number of alkyl halides is 1. The molecule has 0 radical (unpaired) electrons. The molecular formula is C5H11IO5S. The number of halogens is 1. The van der Waals surface area contributed by atoms with Gasteiger partial charge in [0.05, 0.1) is 19.0 Å². The number of aliphatic hydroxyl groups excluding tert-OH is 2. The minimum Gasteiger partial charge on any atom is -0.390 e. The highest BCUT2D eigenvalue weighted by Crippen LogP contribution is 2.00. The largest absolute Gasteiger partial charge is 0.390 e. The van der Waals surface area contributed by atoms with Gasteiger partial charge in [0.1, 0.15) is 6.10 Å². The first-order valence-electron chi connectivity index (χ1n) is 3.13. The molecule has 0 aliphatic rings. The topological polar surface area (TPSA) is 83.8 Å². The predicted molar refractivity (Wildman–Crippen MR) is 51.7 cm³/mol. The highest BCUT2D eigenvalue weighted by atomic mass is 127. The molecule has 0 amide bonds. The maximum absolute atomic E-state index is 10.4. The third-order valence-corrected chi connectivity index (χ3v) is 2.52. The molecule has 0 bridgehead atoms. The number of hydrogen-bond acceptors (Lipinski definition) is 5. The number of hydrogen-bond donors (Lipinski definition) is 2. The van der Waals surface area contributed by atoms with Gasteiger partial charge in [-0.2, -0.15) is 8.42 Å². The molecule has 0 saturated carbocycles. The van der Waals surface area contributed by atoms with Crippen LogP contribution in [0.2, 0.25) is 0 Å². The van der Waals surface area contributed by atoms with Crippen molar-refractivity contribution < 1.29 is 22.8 Å². The zero-order chi connectivity index (χ0) is 9.78. The second-order valence-electron chi connectivity index (χ2n) is 2.28. The van der Waals surface area contributed by atoms with E-state index in [0.717, 1.165) is 6.26 Å². The molecule has 0 aliphatic heterocycles. The molecule has 74 valence electrons. The van der Waals surface area contributed by atoms with Gasteiger partial charge < -0.3 is 10.2 Å². The molecule has 0 aromatic rings. The lowest BCUT2D eigenvalue weighted by Gasteiger charge is -2.14. The summed E-state index contributed by atoms with van der Waals surface area (Å²) in [4.78, 5) is 0. The van der Waals surface area contributed by atoms with Crippen LogP contribution in [-0.2, 0) is 14.3 Å². The Labute approximate surface area is 85.0 Å². The Kier molecular flexibility index (Phi) is 5.57. The molecule has 0 saturated heterocycles. The van der Waals surface area contributed by atoms with E-state index in [1.807, 2.05) is 22.6 Å². The van der Waals surface area contributed by atoms with Gasteiger partial charge in [0, 0.05) is 4.43 Å². The summed E-state index contributed by atoms with van der Waals surface area (Å²) in [5.74, 6) is 0. The predicted octanol–water partition coefficient (Wildman–Crippen LogP) is -0.881. The van der Waals surface area contributed by atoms with Crippen LogP contribution in [0.5, 0.6) is 0 Å². The summed E-state index contributed by atoms with van der Waals surface area (Å²) in [6, 6.07) is 0. The molecule has 0 aromatic carbocycles. The summed E-state index contributed by atoms with van der Waals surface area (Å²) < 4.78 is 25.5. The Morgan fingerprint density at radius 3 is 2.25 bits per heavy atom. The molecular weight excluding hydrogens is 299 g/mol. The van der Waals surface area contributed by atoms with Crippen LogP contribution < -0.4 is 0 Å². The highest BCUT2D eigenvalue weighted by Gasteiger charge is 2.16. The van der Waals surface area contributed by atoms with Gasteiger partial charge in [0.25, 0.3) is 10.1 Å². The first kappa shape index (κ1) is 12.6. The van der Waals surface area contributed by atoms with Crippen molar-refractivity contribution in [3.05, 3.63) is 0 Å². The molecule has 0 aromatic heterocycles. The average Bonchev–Trinajstić information content (AvgIpc) is 1.97. The zero-order valence-electron chi connectivity index (χ0n) is 6.47. The van der Waals surface area contributed by atoms with Crippen molar-refractivity contribution in [2.45, 2.75) is 12.2 Å². The Bertz CT molecular complexity index is 214. The molecule has 0 unspecified atom stereocenters. The van der Waals surface area contributed by atoms with E-state index in [-0.39, 0.29) is 0 Å². The van der Waals surface area contributed by atoms with Crippen molar-refractivity contribution in [2.75, 3.05) is 17.3 Å². The van der Waals surface area contributed by atoms with Gasteiger partial charge >= 0.3 is 0 Å². The van der Waals surface area contributed by atoms with Crippen molar-refractivity contribution in [1.29, 1.82) is 0 Å². The Morgan fingerprint density at radius 1 is 1.42 bits per heavy atom. The summed E-state index contributed by atoms with van der Waals surface area (Å²) in [6.45, 7) is -0.400. The normalized spacial score (nSPS) is 17.3. The van der Waals surface area contributed by atoms with Gasteiger partial charge in [-0.3, -0.25) is 4.18 Å². The van der Waals surface area contributed by atoms with E-state index in [1.54, 1.807) is 0 Å². The second kappa shape index (κ2) is 5.32. The van der Waals surface area contributed by atoms with Gasteiger partial charge in [-0.1, -0.05) is 22.6 Å². The third kappa shape index (κ3) is 6.12. The highest BCUT2D eigenvalue weighted by molar-refractivity contribution is 14.1. The van der Waals surface area contributed by atoms with Crippen molar-refractivity contribution in [3.63, 3.8) is 0 Å². The number of rotatable bonds is 5. The van der Waals surface area contributed by atoms with Gasteiger partial charge in [-0.25, -0.2) is 0 Å². The molecule has 0 rings (SSSR count). The van der Waals surface area contributed by atoms with E-state index in [1.165, 1.54) is 0 Å². The van der Waals surface area contributed by atoms with Gasteiger partial charge in [-0.15, -0.1) is 0 Å².